The number of para-hydroxylation sites is 1. The summed E-state index contributed by atoms with van der Waals surface area (Å²) in [6.07, 6.45) is 3.37. The summed E-state index contributed by atoms with van der Waals surface area (Å²) in [6, 6.07) is 12.2. The van der Waals surface area contributed by atoms with Crippen LogP contribution in [0.2, 0.25) is 0 Å². The molecule has 1 aromatic carbocycles. The fourth-order valence-electron chi connectivity index (χ4n) is 5.03. The molecule has 2 aliphatic rings. The van der Waals surface area contributed by atoms with Crippen LogP contribution in [-0.4, -0.2) is 77.3 Å². The van der Waals surface area contributed by atoms with E-state index in [-0.39, 0.29) is 6.61 Å². The molecule has 1 N–H and O–H groups in total. The maximum absolute atomic E-state index is 9.65. The Morgan fingerprint density at radius 3 is 2.61 bits per heavy atom. The topological polar surface area (TPSA) is 43.1 Å². The van der Waals surface area contributed by atoms with Crippen molar-refractivity contribution in [1.82, 2.24) is 14.7 Å². The van der Waals surface area contributed by atoms with Crippen molar-refractivity contribution in [2.24, 2.45) is 0 Å². The van der Waals surface area contributed by atoms with Crippen LogP contribution in [0, 0.1) is 0 Å². The van der Waals surface area contributed by atoms with Gasteiger partial charge < -0.3 is 14.4 Å². The predicted octanol–water partition coefficient (Wildman–Crippen LogP) is 3.17. The Morgan fingerprint density at radius 1 is 1.11 bits per heavy atom. The molecule has 5 nitrogen and oxygen atoms in total. The molecule has 2 fully saturated rings. The van der Waals surface area contributed by atoms with Gasteiger partial charge in [0.1, 0.15) is 11.3 Å². The molecule has 2 aliphatic heterocycles. The summed E-state index contributed by atoms with van der Waals surface area (Å²) in [7, 11) is 0. The molecule has 0 radical (unpaired) electrons. The van der Waals surface area contributed by atoms with Crippen molar-refractivity contribution < 1.29 is 9.52 Å². The molecule has 154 valence electrons. The van der Waals surface area contributed by atoms with Gasteiger partial charge in [-0.25, -0.2) is 0 Å². The largest absolute Gasteiger partial charge is 0.460 e. The summed E-state index contributed by atoms with van der Waals surface area (Å²) in [6.45, 7) is 11.3. The van der Waals surface area contributed by atoms with Crippen molar-refractivity contribution in [3.8, 4) is 0 Å². The van der Waals surface area contributed by atoms with Gasteiger partial charge in [-0.1, -0.05) is 18.2 Å². The molecule has 0 spiro atoms. The van der Waals surface area contributed by atoms with Crippen molar-refractivity contribution in [2.75, 3.05) is 39.3 Å². The molecular formula is C23H35N3O2. The van der Waals surface area contributed by atoms with Crippen LogP contribution < -0.4 is 0 Å². The Morgan fingerprint density at radius 2 is 1.89 bits per heavy atom. The number of hydrogen-bond acceptors (Lipinski definition) is 5. The van der Waals surface area contributed by atoms with E-state index in [4.69, 9.17) is 4.42 Å². The van der Waals surface area contributed by atoms with Gasteiger partial charge in [0.05, 0.1) is 6.54 Å². The number of aliphatic hydroxyl groups is 1. The highest BCUT2D eigenvalue weighted by molar-refractivity contribution is 5.77. The van der Waals surface area contributed by atoms with Crippen molar-refractivity contribution >= 4 is 11.0 Å². The number of furan rings is 1. The van der Waals surface area contributed by atoms with Gasteiger partial charge in [-0.15, -0.1) is 0 Å². The third kappa shape index (κ3) is 4.43. The number of aliphatic hydroxyl groups excluding tert-OH is 1. The molecule has 1 atom stereocenters. The Hall–Kier alpha value is -1.40. The first-order chi connectivity index (χ1) is 13.6. The van der Waals surface area contributed by atoms with Gasteiger partial charge in [0.15, 0.2) is 0 Å². The first-order valence-corrected chi connectivity index (χ1v) is 10.9. The fourth-order valence-corrected chi connectivity index (χ4v) is 5.03. The number of likely N-dealkylation sites (tertiary alicyclic amines) is 1. The Kier molecular flexibility index (Phi) is 6.36. The monoisotopic (exact) mass is 385 g/mol. The van der Waals surface area contributed by atoms with Crippen LogP contribution in [0.5, 0.6) is 0 Å². The summed E-state index contributed by atoms with van der Waals surface area (Å²) in [5.41, 5.74) is 0.972. The van der Waals surface area contributed by atoms with Crippen molar-refractivity contribution in [3.05, 3.63) is 36.1 Å². The number of piperidine rings is 1. The van der Waals surface area contributed by atoms with Gasteiger partial charge in [-0.2, -0.15) is 0 Å². The minimum Gasteiger partial charge on any atom is -0.460 e. The third-order valence-corrected chi connectivity index (χ3v) is 6.63. The molecule has 2 aromatic rings. The van der Waals surface area contributed by atoms with Crippen LogP contribution in [0.3, 0.4) is 0 Å². The van der Waals surface area contributed by atoms with E-state index < -0.39 is 0 Å². The number of piperazine rings is 1. The molecule has 5 heteroatoms. The van der Waals surface area contributed by atoms with Crippen LogP contribution in [0.1, 0.15) is 38.9 Å². The summed E-state index contributed by atoms with van der Waals surface area (Å²) in [5.74, 6) is 1.04. The molecule has 1 aromatic heterocycles. The van der Waals surface area contributed by atoms with Crippen molar-refractivity contribution in [3.63, 3.8) is 0 Å². The zero-order valence-electron chi connectivity index (χ0n) is 17.4. The van der Waals surface area contributed by atoms with E-state index in [1.807, 2.05) is 12.1 Å². The molecule has 28 heavy (non-hydrogen) atoms. The molecule has 4 rings (SSSR count). The maximum Gasteiger partial charge on any atom is 0.134 e. The maximum atomic E-state index is 9.65. The zero-order chi connectivity index (χ0) is 19.5. The van der Waals surface area contributed by atoms with E-state index in [1.165, 1.54) is 31.3 Å². The second kappa shape index (κ2) is 8.95. The standard InChI is InChI=1S/C23H35N3O2/c1-18(2)25-10-7-20(8-11-25)26-13-12-24(16-21(26)9-14-27)17-22-15-19-5-3-4-6-23(19)28-22/h3-6,15,18,20-21,27H,7-14,16-17H2,1-2H3. The number of benzene rings is 1. The van der Waals surface area contributed by atoms with Crippen molar-refractivity contribution in [2.45, 2.75) is 57.8 Å². The highest BCUT2D eigenvalue weighted by Gasteiger charge is 2.34. The number of nitrogens with zero attached hydrogens (tertiary/aromatic N) is 3. The van der Waals surface area contributed by atoms with Gasteiger partial charge in [0, 0.05) is 49.8 Å². The fraction of sp³-hybridized carbons (Fsp3) is 0.652. The molecule has 0 aliphatic carbocycles. The first-order valence-electron chi connectivity index (χ1n) is 10.9. The van der Waals surface area contributed by atoms with Gasteiger partial charge >= 0.3 is 0 Å². The molecule has 0 amide bonds. The molecular weight excluding hydrogens is 350 g/mol. The van der Waals surface area contributed by atoms with E-state index >= 15 is 0 Å². The highest BCUT2D eigenvalue weighted by atomic mass is 16.3. The van der Waals surface area contributed by atoms with Crippen molar-refractivity contribution in [1.29, 1.82) is 0 Å². The second-order valence-corrected chi connectivity index (χ2v) is 8.75. The lowest BCUT2D eigenvalue weighted by Crippen LogP contribution is -2.58. The number of rotatable bonds is 6. The average Bonchev–Trinajstić information content (AvgIpc) is 3.11. The number of hydrogen-bond donors (Lipinski definition) is 1. The lowest BCUT2D eigenvalue weighted by molar-refractivity contribution is -0.00149. The van der Waals surface area contributed by atoms with E-state index in [2.05, 4.69) is 46.7 Å². The predicted molar refractivity (Wildman–Crippen MR) is 113 cm³/mol. The second-order valence-electron chi connectivity index (χ2n) is 8.75. The Balaban J connectivity index is 1.37. The average molecular weight is 386 g/mol. The quantitative estimate of drug-likeness (QED) is 0.827. The molecule has 1 unspecified atom stereocenters. The summed E-state index contributed by atoms with van der Waals surface area (Å²) in [4.78, 5) is 7.79. The summed E-state index contributed by atoms with van der Waals surface area (Å²) in [5, 5.41) is 10.8. The normalized spacial score (nSPS) is 23.8. The molecule has 3 heterocycles. The van der Waals surface area contributed by atoms with Crippen LogP contribution in [-0.2, 0) is 6.54 Å². The van der Waals surface area contributed by atoms with Gasteiger partial charge in [0.25, 0.3) is 0 Å². The SMILES string of the molecule is CC(C)N1CCC(N2CCN(Cc3cc4ccccc4o3)CC2CCO)CC1. The van der Waals surface area contributed by atoms with E-state index in [0.717, 1.165) is 43.9 Å². The highest BCUT2D eigenvalue weighted by Crippen LogP contribution is 2.26. The molecule has 0 bridgehead atoms. The smallest absolute Gasteiger partial charge is 0.134 e. The Bertz CT molecular complexity index is 718. The zero-order valence-corrected chi connectivity index (χ0v) is 17.4. The van der Waals surface area contributed by atoms with Crippen LogP contribution in [0.25, 0.3) is 11.0 Å². The van der Waals surface area contributed by atoms with Crippen LogP contribution >= 0.6 is 0 Å². The van der Waals surface area contributed by atoms with Gasteiger partial charge in [-0.05, 0) is 58.3 Å². The van der Waals surface area contributed by atoms with Crippen LogP contribution in [0.4, 0.5) is 0 Å². The Labute approximate surface area is 168 Å². The third-order valence-electron chi connectivity index (χ3n) is 6.63. The summed E-state index contributed by atoms with van der Waals surface area (Å²) >= 11 is 0. The van der Waals surface area contributed by atoms with Gasteiger partial charge in [0.2, 0.25) is 0 Å². The van der Waals surface area contributed by atoms with E-state index in [0.29, 0.717) is 18.1 Å². The summed E-state index contributed by atoms with van der Waals surface area (Å²) < 4.78 is 6.03. The minimum atomic E-state index is 0.268. The number of fused-ring (bicyclic) bond motifs is 1. The van der Waals surface area contributed by atoms with Crippen LogP contribution in [0.15, 0.2) is 34.7 Å². The van der Waals surface area contributed by atoms with Gasteiger partial charge in [-0.3, -0.25) is 9.80 Å². The van der Waals surface area contributed by atoms with E-state index in [1.54, 1.807) is 0 Å². The lowest BCUT2D eigenvalue weighted by atomic mass is 9.97. The first kappa shape index (κ1) is 19.9. The minimum absolute atomic E-state index is 0.268. The molecule has 2 saturated heterocycles. The molecule has 0 saturated carbocycles. The lowest BCUT2D eigenvalue weighted by Gasteiger charge is -2.48. The van der Waals surface area contributed by atoms with E-state index in [9.17, 15) is 5.11 Å².